The first-order valence-corrected chi connectivity index (χ1v) is 11.1. The first-order valence-electron chi connectivity index (χ1n) is 11.1. The number of carbonyl (C=O) groups excluding carboxylic acids is 4. The van der Waals surface area contributed by atoms with E-state index < -0.39 is 11.9 Å². The van der Waals surface area contributed by atoms with Gasteiger partial charge in [-0.1, -0.05) is 37.3 Å². The Hall–Kier alpha value is -3.55. The van der Waals surface area contributed by atoms with E-state index >= 15 is 0 Å². The number of halogens is 1. The van der Waals surface area contributed by atoms with Crippen LogP contribution in [0, 0.1) is 5.82 Å². The van der Waals surface area contributed by atoms with Gasteiger partial charge in [0.25, 0.3) is 11.8 Å². The Balaban J connectivity index is 1.67. The molecule has 0 aliphatic carbocycles. The zero-order chi connectivity index (χ0) is 24.0. The fourth-order valence-corrected chi connectivity index (χ4v) is 3.76. The predicted octanol–water partition coefficient (Wildman–Crippen LogP) is 3.15. The van der Waals surface area contributed by atoms with Crippen molar-refractivity contribution in [3.05, 3.63) is 71.0 Å². The van der Waals surface area contributed by atoms with Gasteiger partial charge in [0.05, 0.1) is 11.1 Å². The van der Waals surface area contributed by atoms with Crippen molar-refractivity contribution in [3.8, 4) is 0 Å². The number of fused-ring (bicyclic) bond motifs is 1. The van der Waals surface area contributed by atoms with Gasteiger partial charge in [0.1, 0.15) is 11.9 Å². The molecule has 0 aromatic heterocycles. The van der Waals surface area contributed by atoms with Crippen molar-refractivity contribution in [1.82, 2.24) is 15.1 Å². The maximum absolute atomic E-state index is 14.2. The van der Waals surface area contributed by atoms with Gasteiger partial charge >= 0.3 is 0 Å². The van der Waals surface area contributed by atoms with Gasteiger partial charge in [-0.15, -0.1) is 0 Å². The number of nitrogens with zero attached hydrogens (tertiary/aromatic N) is 2. The number of imide groups is 1. The number of hydrogen-bond donors (Lipinski definition) is 1. The van der Waals surface area contributed by atoms with Crippen LogP contribution in [-0.2, 0) is 16.1 Å². The molecule has 7 nitrogen and oxygen atoms in total. The lowest BCUT2D eigenvalue weighted by molar-refractivity contribution is -0.140. The smallest absolute Gasteiger partial charge is 0.261 e. The molecule has 8 heteroatoms. The van der Waals surface area contributed by atoms with Crippen molar-refractivity contribution in [2.45, 2.75) is 45.7 Å². The molecule has 0 radical (unpaired) electrons. The summed E-state index contributed by atoms with van der Waals surface area (Å²) in [6, 6.07) is 11.9. The molecule has 0 fully saturated rings. The Kier molecular flexibility index (Phi) is 7.92. The van der Waals surface area contributed by atoms with Crippen molar-refractivity contribution in [2.75, 3.05) is 13.1 Å². The van der Waals surface area contributed by atoms with Crippen LogP contribution in [0.5, 0.6) is 0 Å². The van der Waals surface area contributed by atoms with E-state index in [-0.39, 0.29) is 49.6 Å². The monoisotopic (exact) mass is 453 g/mol. The topological polar surface area (TPSA) is 86.8 Å². The fraction of sp³-hybridized carbons (Fsp3) is 0.360. The third kappa shape index (κ3) is 5.45. The maximum Gasteiger partial charge on any atom is 0.261 e. The molecule has 1 aliphatic heterocycles. The second-order valence-corrected chi connectivity index (χ2v) is 7.99. The third-order valence-corrected chi connectivity index (χ3v) is 5.67. The minimum absolute atomic E-state index is 0.00720. The maximum atomic E-state index is 14.2. The molecular weight excluding hydrogens is 425 g/mol. The summed E-state index contributed by atoms with van der Waals surface area (Å²) in [6.07, 6.45) is 0.995. The fourth-order valence-electron chi connectivity index (χ4n) is 3.76. The van der Waals surface area contributed by atoms with E-state index in [4.69, 9.17) is 0 Å². The summed E-state index contributed by atoms with van der Waals surface area (Å²) >= 11 is 0. The van der Waals surface area contributed by atoms with Crippen LogP contribution >= 0.6 is 0 Å². The zero-order valence-corrected chi connectivity index (χ0v) is 18.8. The highest BCUT2D eigenvalue weighted by molar-refractivity contribution is 6.21. The molecular formula is C25H28FN3O4. The van der Waals surface area contributed by atoms with Crippen molar-refractivity contribution in [1.29, 1.82) is 0 Å². The van der Waals surface area contributed by atoms with E-state index in [1.54, 1.807) is 49.4 Å². The van der Waals surface area contributed by atoms with Crippen molar-refractivity contribution < 1.29 is 23.6 Å². The van der Waals surface area contributed by atoms with E-state index in [0.717, 1.165) is 11.3 Å². The molecule has 33 heavy (non-hydrogen) atoms. The van der Waals surface area contributed by atoms with E-state index in [1.807, 2.05) is 6.92 Å². The molecule has 1 atom stereocenters. The van der Waals surface area contributed by atoms with Crippen LogP contribution in [0.4, 0.5) is 4.39 Å². The van der Waals surface area contributed by atoms with Gasteiger partial charge < -0.3 is 10.2 Å². The van der Waals surface area contributed by atoms with Crippen molar-refractivity contribution in [3.63, 3.8) is 0 Å². The molecule has 2 aromatic rings. The van der Waals surface area contributed by atoms with Gasteiger partial charge in [0.15, 0.2) is 0 Å². The molecule has 174 valence electrons. The van der Waals surface area contributed by atoms with Crippen LogP contribution in [0.25, 0.3) is 0 Å². The molecule has 2 aromatic carbocycles. The summed E-state index contributed by atoms with van der Waals surface area (Å²) in [4.78, 5) is 53.1. The minimum Gasteiger partial charge on any atom is -0.354 e. The van der Waals surface area contributed by atoms with Gasteiger partial charge in [-0.05, 0) is 38.0 Å². The molecule has 1 aliphatic rings. The Morgan fingerprint density at radius 3 is 2.24 bits per heavy atom. The number of benzene rings is 2. The first-order chi connectivity index (χ1) is 15.8. The van der Waals surface area contributed by atoms with Gasteiger partial charge in [-0.2, -0.15) is 0 Å². The van der Waals surface area contributed by atoms with Gasteiger partial charge in [-0.25, -0.2) is 4.39 Å². The van der Waals surface area contributed by atoms with E-state index in [2.05, 4.69) is 5.32 Å². The summed E-state index contributed by atoms with van der Waals surface area (Å²) in [5.41, 5.74) is 1.02. The zero-order valence-electron chi connectivity index (χ0n) is 18.8. The summed E-state index contributed by atoms with van der Waals surface area (Å²) < 4.78 is 14.2. The van der Waals surface area contributed by atoms with Crippen LogP contribution in [0.2, 0.25) is 0 Å². The Labute approximate surface area is 192 Å². The summed E-state index contributed by atoms with van der Waals surface area (Å²) in [7, 11) is 0. The van der Waals surface area contributed by atoms with Crippen LogP contribution in [0.15, 0.2) is 48.5 Å². The molecule has 3 rings (SSSR count). The number of amides is 4. The van der Waals surface area contributed by atoms with E-state index in [0.29, 0.717) is 23.2 Å². The summed E-state index contributed by atoms with van der Waals surface area (Å²) in [6.45, 7) is 4.03. The largest absolute Gasteiger partial charge is 0.354 e. The average molecular weight is 454 g/mol. The summed E-state index contributed by atoms with van der Waals surface area (Å²) in [5, 5.41) is 2.77. The minimum atomic E-state index is -0.803. The van der Waals surface area contributed by atoms with Crippen molar-refractivity contribution in [2.24, 2.45) is 0 Å². The van der Waals surface area contributed by atoms with Crippen LogP contribution in [0.1, 0.15) is 59.4 Å². The van der Waals surface area contributed by atoms with E-state index in [9.17, 15) is 23.6 Å². The number of carbonyl (C=O) groups is 4. The highest BCUT2D eigenvalue weighted by Crippen LogP contribution is 2.23. The molecule has 1 unspecified atom stereocenters. The molecule has 0 saturated carbocycles. The molecule has 0 saturated heterocycles. The lowest BCUT2D eigenvalue weighted by Gasteiger charge is -2.29. The Morgan fingerprint density at radius 1 is 1.03 bits per heavy atom. The van der Waals surface area contributed by atoms with Crippen molar-refractivity contribution >= 4 is 23.6 Å². The number of rotatable bonds is 10. The highest BCUT2D eigenvalue weighted by Gasteiger charge is 2.35. The van der Waals surface area contributed by atoms with Crippen LogP contribution < -0.4 is 5.32 Å². The number of nitrogens with one attached hydrogen (secondary N) is 1. The predicted molar refractivity (Wildman–Crippen MR) is 121 cm³/mol. The molecule has 0 spiro atoms. The Morgan fingerprint density at radius 2 is 1.64 bits per heavy atom. The highest BCUT2D eigenvalue weighted by atomic mass is 19.1. The molecule has 0 bridgehead atoms. The molecule has 1 N–H and O–H groups in total. The standard InChI is InChI=1S/C25H28FN3O4/c1-3-14-27-23(31)17(2)29(16-18-9-4-7-12-21(18)26)22(30)13-8-15-28-24(32)19-10-5-6-11-20(19)25(28)33/h4-7,9-12,17H,3,8,13-16H2,1-2H3,(H,27,31). The van der Waals surface area contributed by atoms with Gasteiger partial charge in [0.2, 0.25) is 11.8 Å². The normalized spacial score (nSPS) is 13.6. The van der Waals surface area contributed by atoms with Gasteiger partial charge in [0, 0.05) is 31.6 Å². The lowest BCUT2D eigenvalue weighted by atomic mass is 10.1. The second kappa shape index (κ2) is 10.8. The SMILES string of the molecule is CCCNC(=O)C(C)N(Cc1ccccc1F)C(=O)CCCN1C(=O)c2ccccc2C1=O. The number of hydrogen-bond acceptors (Lipinski definition) is 4. The average Bonchev–Trinajstić information content (AvgIpc) is 3.06. The van der Waals surface area contributed by atoms with Crippen LogP contribution in [0.3, 0.4) is 0 Å². The summed E-state index contributed by atoms with van der Waals surface area (Å²) in [5.74, 6) is -1.88. The molecule has 1 heterocycles. The first kappa shape index (κ1) is 24.1. The third-order valence-electron chi connectivity index (χ3n) is 5.67. The van der Waals surface area contributed by atoms with Gasteiger partial charge in [-0.3, -0.25) is 24.1 Å². The lowest BCUT2D eigenvalue weighted by Crippen LogP contribution is -2.48. The molecule has 4 amide bonds. The quantitative estimate of drug-likeness (QED) is 0.560. The van der Waals surface area contributed by atoms with E-state index in [1.165, 1.54) is 11.0 Å². The Bertz CT molecular complexity index is 1020. The van der Waals surface area contributed by atoms with Crippen LogP contribution in [-0.4, -0.2) is 52.6 Å². The second-order valence-electron chi connectivity index (χ2n) is 7.99.